The van der Waals surface area contributed by atoms with Crippen molar-refractivity contribution >= 4 is 17.7 Å². The topological polar surface area (TPSA) is 92.8 Å². The van der Waals surface area contributed by atoms with Crippen molar-refractivity contribution < 1.29 is 9.53 Å². The van der Waals surface area contributed by atoms with Gasteiger partial charge >= 0.3 is 0 Å². The van der Waals surface area contributed by atoms with Crippen molar-refractivity contribution in [3.63, 3.8) is 0 Å². The summed E-state index contributed by atoms with van der Waals surface area (Å²) < 4.78 is 7.49. The molecule has 0 unspecified atom stereocenters. The first-order valence-corrected chi connectivity index (χ1v) is 11.0. The second kappa shape index (κ2) is 10.3. The highest BCUT2D eigenvalue weighted by atomic mass is 32.2. The summed E-state index contributed by atoms with van der Waals surface area (Å²) in [7, 11) is 1.65. The van der Waals surface area contributed by atoms with Gasteiger partial charge in [0.05, 0.1) is 25.4 Å². The Morgan fingerprint density at radius 1 is 1.31 bits per heavy atom. The summed E-state index contributed by atoms with van der Waals surface area (Å²) in [6, 6.07) is 10.2. The zero-order valence-corrected chi connectivity index (χ0v) is 17.7. The van der Waals surface area contributed by atoms with Crippen LogP contribution in [-0.4, -0.2) is 40.1 Å². The Morgan fingerprint density at radius 3 is 2.76 bits per heavy atom. The van der Waals surface area contributed by atoms with Gasteiger partial charge in [0.2, 0.25) is 5.91 Å². The second-order valence-corrected chi connectivity index (χ2v) is 8.22. The third-order valence-corrected chi connectivity index (χ3v) is 6.25. The van der Waals surface area contributed by atoms with E-state index in [0.29, 0.717) is 24.9 Å². The molecule has 0 saturated heterocycles. The monoisotopic (exact) mass is 413 g/mol. The SMILES string of the molecule is COc1ccc(-c2nnc(SCC(=O)NCCC#N)n2[C@H]2CCCC[C@H]2C)cc1. The van der Waals surface area contributed by atoms with E-state index >= 15 is 0 Å². The Hall–Kier alpha value is -2.53. The van der Waals surface area contributed by atoms with Gasteiger partial charge in [0.1, 0.15) is 5.75 Å². The molecule has 1 aromatic carbocycles. The molecule has 0 bridgehead atoms. The zero-order valence-electron chi connectivity index (χ0n) is 16.9. The Labute approximate surface area is 175 Å². The molecule has 1 aliphatic carbocycles. The summed E-state index contributed by atoms with van der Waals surface area (Å²) in [4.78, 5) is 12.1. The molecule has 1 fully saturated rings. The van der Waals surface area contributed by atoms with Gasteiger partial charge in [-0.25, -0.2) is 0 Å². The van der Waals surface area contributed by atoms with Crippen LogP contribution in [0.15, 0.2) is 29.4 Å². The summed E-state index contributed by atoms with van der Waals surface area (Å²) in [5.74, 6) is 2.32. The molecule has 2 atom stereocenters. The fourth-order valence-electron chi connectivity index (χ4n) is 3.73. The van der Waals surface area contributed by atoms with Crippen LogP contribution < -0.4 is 10.1 Å². The normalized spacial score (nSPS) is 18.8. The minimum absolute atomic E-state index is 0.0949. The van der Waals surface area contributed by atoms with Crippen LogP contribution >= 0.6 is 11.8 Å². The maximum atomic E-state index is 12.1. The number of rotatable bonds is 8. The molecule has 29 heavy (non-hydrogen) atoms. The van der Waals surface area contributed by atoms with Crippen molar-refractivity contribution in [2.75, 3.05) is 19.4 Å². The number of amides is 1. The molecule has 1 N–H and O–H groups in total. The highest BCUT2D eigenvalue weighted by molar-refractivity contribution is 7.99. The Balaban J connectivity index is 1.84. The highest BCUT2D eigenvalue weighted by Gasteiger charge is 2.28. The van der Waals surface area contributed by atoms with Crippen molar-refractivity contribution in [1.82, 2.24) is 20.1 Å². The summed E-state index contributed by atoms with van der Waals surface area (Å²) in [6.45, 7) is 2.66. The molecule has 1 heterocycles. The maximum Gasteiger partial charge on any atom is 0.230 e. The van der Waals surface area contributed by atoms with E-state index in [2.05, 4.69) is 27.0 Å². The fraction of sp³-hybridized carbons (Fsp3) is 0.524. The molecule has 1 saturated carbocycles. The number of carbonyl (C=O) groups excluding carboxylic acids is 1. The van der Waals surface area contributed by atoms with Crippen molar-refractivity contribution in [3.8, 4) is 23.2 Å². The molecule has 0 aliphatic heterocycles. The highest BCUT2D eigenvalue weighted by Crippen LogP contribution is 2.39. The molecule has 0 spiro atoms. The molecule has 3 rings (SSSR count). The van der Waals surface area contributed by atoms with Gasteiger partial charge in [-0.05, 0) is 43.0 Å². The second-order valence-electron chi connectivity index (χ2n) is 7.28. The third-order valence-electron chi connectivity index (χ3n) is 5.30. The fourth-order valence-corrected chi connectivity index (χ4v) is 4.55. The lowest BCUT2D eigenvalue weighted by molar-refractivity contribution is -0.118. The van der Waals surface area contributed by atoms with Crippen molar-refractivity contribution in [2.24, 2.45) is 5.92 Å². The Bertz CT molecular complexity index is 859. The van der Waals surface area contributed by atoms with E-state index in [-0.39, 0.29) is 11.7 Å². The quantitative estimate of drug-likeness (QED) is 0.522. The average molecular weight is 414 g/mol. The van der Waals surface area contributed by atoms with Crippen LogP contribution in [0, 0.1) is 17.2 Å². The maximum absolute atomic E-state index is 12.1. The van der Waals surface area contributed by atoms with Gasteiger partial charge in [-0.3, -0.25) is 9.36 Å². The van der Waals surface area contributed by atoms with Crippen LogP contribution in [0.5, 0.6) is 5.75 Å². The number of ether oxygens (including phenoxy) is 1. The number of nitriles is 1. The average Bonchev–Trinajstić information content (AvgIpc) is 3.16. The molecule has 8 heteroatoms. The number of hydrogen-bond acceptors (Lipinski definition) is 6. The molecule has 154 valence electrons. The van der Waals surface area contributed by atoms with E-state index in [9.17, 15) is 4.79 Å². The van der Waals surface area contributed by atoms with Gasteiger partial charge in [-0.2, -0.15) is 5.26 Å². The zero-order chi connectivity index (χ0) is 20.6. The van der Waals surface area contributed by atoms with Crippen LogP contribution in [-0.2, 0) is 4.79 Å². The third kappa shape index (κ3) is 5.30. The lowest BCUT2D eigenvalue weighted by Gasteiger charge is -2.31. The van der Waals surface area contributed by atoms with Gasteiger partial charge in [-0.1, -0.05) is 31.5 Å². The first-order valence-electron chi connectivity index (χ1n) is 9.99. The first kappa shape index (κ1) is 21.2. The van der Waals surface area contributed by atoms with E-state index in [1.165, 1.54) is 31.0 Å². The molecule has 1 aliphatic rings. The van der Waals surface area contributed by atoms with E-state index in [1.54, 1.807) is 7.11 Å². The van der Waals surface area contributed by atoms with Gasteiger partial charge in [0, 0.05) is 18.2 Å². The largest absolute Gasteiger partial charge is 0.497 e. The molecule has 7 nitrogen and oxygen atoms in total. The number of benzene rings is 1. The number of aromatic nitrogens is 3. The number of hydrogen-bond donors (Lipinski definition) is 1. The minimum atomic E-state index is -0.0949. The van der Waals surface area contributed by atoms with E-state index in [4.69, 9.17) is 10.00 Å². The summed E-state index contributed by atoms with van der Waals surface area (Å²) in [5, 5.41) is 21.0. The van der Waals surface area contributed by atoms with E-state index < -0.39 is 0 Å². The van der Waals surface area contributed by atoms with Gasteiger partial charge in [0.25, 0.3) is 0 Å². The van der Waals surface area contributed by atoms with Gasteiger partial charge < -0.3 is 10.1 Å². The number of thioether (sulfide) groups is 1. The van der Waals surface area contributed by atoms with E-state index in [1.807, 2.05) is 30.3 Å². The summed E-state index contributed by atoms with van der Waals surface area (Å²) in [6.07, 6.45) is 5.02. The van der Waals surface area contributed by atoms with Crippen LogP contribution in [0.1, 0.15) is 45.1 Å². The molecule has 1 amide bonds. The number of nitrogens with one attached hydrogen (secondary N) is 1. The number of carbonyl (C=O) groups is 1. The summed E-state index contributed by atoms with van der Waals surface area (Å²) >= 11 is 1.40. The molecule has 2 aromatic rings. The number of nitrogens with zero attached hydrogens (tertiary/aromatic N) is 4. The first-order chi connectivity index (χ1) is 14.1. The van der Waals surface area contributed by atoms with Crippen LogP contribution in [0.3, 0.4) is 0 Å². The lowest BCUT2D eigenvalue weighted by atomic mass is 9.85. The molecule has 1 aromatic heterocycles. The minimum Gasteiger partial charge on any atom is -0.497 e. The molecular weight excluding hydrogens is 386 g/mol. The lowest BCUT2D eigenvalue weighted by Crippen LogP contribution is -2.26. The van der Waals surface area contributed by atoms with Crippen LogP contribution in [0.4, 0.5) is 0 Å². The van der Waals surface area contributed by atoms with Crippen LogP contribution in [0.25, 0.3) is 11.4 Å². The summed E-state index contributed by atoms with van der Waals surface area (Å²) in [5.41, 5.74) is 0.987. The van der Waals surface area contributed by atoms with Crippen LogP contribution in [0.2, 0.25) is 0 Å². The standard InChI is InChI=1S/C21H27N5O2S/c1-15-6-3-4-7-18(15)26-20(16-8-10-17(28-2)11-9-16)24-25-21(26)29-14-19(27)23-13-5-12-22/h8-11,15,18H,3-7,13-14H2,1-2H3,(H,23,27)/t15-,18+/m1/s1. The van der Waals surface area contributed by atoms with Gasteiger partial charge in [0.15, 0.2) is 11.0 Å². The van der Waals surface area contributed by atoms with Gasteiger partial charge in [-0.15, -0.1) is 10.2 Å². The molecule has 0 radical (unpaired) electrons. The molecular formula is C21H27N5O2S. The Morgan fingerprint density at radius 2 is 2.07 bits per heavy atom. The predicted octanol–water partition coefficient (Wildman–Crippen LogP) is 3.83. The Kier molecular flexibility index (Phi) is 7.53. The smallest absolute Gasteiger partial charge is 0.230 e. The predicted molar refractivity (Wildman–Crippen MR) is 113 cm³/mol. The van der Waals surface area contributed by atoms with Crippen molar-refractivity contribution in [1.29, 1.82) is 5.26 Å². The number of methoxy groups -OCH3 is 1. The van der Waals surface area contributed by atoms with E-state index in [0.717, 1.165) is 28.7 Å². The van der Waals surface area contributed by atoms with Crippen molar-refractivity contribution in [3.05, 3.63) is 24.3 Å². The van der Waals surface area contributed by atoms with Crippen molar-refractivity contribution in [2.45, 2.75) is 50.2 Å².